The van der Waals surface area contributed by atoms with Crippen molar-refractivity contribution in [2.45, 2.75) is 13.0 Å². The van der Waals surface area contributed by atoms with Gasteiger partial charge in [-0.25, -0.2) is 4.39 Å². The van der Waals surface area contributed by atoms with Gasteiger partial charge in [-0.15, -0.1) is 0 Å². The fourth-order valence-corrected chi connectivity index (χ4v) is 2.44. The van der Waals surface area contributed by atoms with Gasteiger partial charge in [0.25, 0.3) is 11.8 Å². The van der Waals surface area contributed by atoms with Gasteiger partial charge in [0.1, 0.15) is 17.3 Å². The largest absolute Gasteiger partial charge is 0.482 e. The molecule has 1 atom stereocenters. The number of ether oxygens (including phenoxy) is 2. The number of hydrogen-bond acceptors (Lipinski definition) is 4. The van der Waals surface area contributed by atoms with E-state index in [1.807, 2.05) is 0 Å². The van der Waals surface area contributed by atoms with Crippen LogP contribution in [0.1, 0.15) is 6.92 Å². The minimum absolute atomic E-state index is 0.0792. The van der Waals surface area contributed by atoms with E-state index in [4.69, 9.17) is 21.1 Å². The van der Waals surface area contributed by atoms with E-state index in [1.165, 1.54) is 12.1 Å². The third-order valence-corrected chi connectivity index (χ3v) is 3.74. The molecule has 0 saturated carbocycles. The van der Waals surface area contributed by atoms with Crippen LogP contribution < -0.4 is 20.1 Å². The fraction of sp³-hybridized carbons (Fsp3) is 0.176. The first-order valence-corrected chi connectivity index (χ1v) is 7.79. The first-order valence-electron chi connectivity index (χ1n) is 7.41. The van der Waals surface area contributed by atoms with Crippen LogP contribution in [0, 0.1) is 5.82 Å². The van der Waals surface area contributed by atoms with Crippen molar-refractivity contribution in [3.63, 3.8) is 0 Å². The molecule has 0 bridgehead atoms. The van der Waals surface area contributed by atoms with E-state index < -0.39 is 17.8 Å². The minimum Gasteiger partial charge on any atom is -0.482 e. The van der Waals surface area contributed by atoms with Crippen molar-refractivity contribution in [3.8, 4) is 11.5 Å². The second kappa shape index (κ2) is 6.98. The maximum atomic E-state index is 13.0. The number of benzene rings is 2. The van der Waals surface area contributed by atoms with Crippen LogP contribution in [-0.2, 0) is 9.59 Å². The lowest BCUT2D eigenvalue weighted by Crippen LogP contribution is -2.34. The number of nitrogens with one attached hydrogen (secondary N) is 2. The molecule has 6 nitrogen and oxygen atoms in total. The summed E-state index contributed by atoms with van der Waals surface area (Å²) in [7, 11) is 0. The van der Waals surface area contributed by atoms with E-state index in [0.29, 0.717) is 17.1 Å². The van der Waals surface area contributed by atoms with Crippen molar-refractivity contribution in [1.29, 1.82) is 0 Å². The summed E-state index contributed by atoms with van der Waals surface area (Å²) in [5, 5.41) is 5.40. The zero-order valence-corrected chi connectivity index (χ0v) is 13.9. The maximum Gasteiger partial charge on any atom is 0.265 e. The van der Waals surface area contributed by atoms with Crippen LogP contribution in [-0.4, -0.2) is 24.5 Å². The molecule has 2 aromatic carbocycles. The topological polar surface area (TPSA) is 76.7 Å². The molecule has 2 aromatic rings. The molecule has 25 heavy (non-hydrogen) atoms. The van der Waals surface area contributed by atoms with Crippen LogP contribution in [0.3, 0.4) is 0 Å². The number of rotatable bonds is 4. The molecule has 3 rings (SSSR count). The number of carbonyl (C=O) groups excluding carboxylic acids is 2. The summed E-state index contributed by atoms with van der Waals surface area (Å²) in [5.74, 6) is -0.450. The van der Waals surface area contributed by atoms with Crippen molar-refractivity contribution in [2.75, 3.05) is 17.2 Å². The van der Waals surface area contributed by atoms with Crippen molar-refractivity contribution in [1.82, 2.24) is 0 Å². The second-order valence-electron chi connectivity index (χ2n) is 5.37. The first-order chi connectivity index (χ1) is 11.9. The molecule has 0 aliphatic carbocycles. The molecule has 2 N–H and O–H groups in total. The van der Waals surface area contributed by atoms with Crippen LogP contribution in [0.25, 0.3) is 0 Å². The van der Waals surface area contributed by atoms with Crippen molar-refractivity contribution >= 4 is 34.8 Å². The quantitative estimate of drug-likeness (QED) is 0.873. The van der Waals surface area contributed by atoms with Crippen LogP contribution >= 0.6 is 11.6 Å². The Kier molecular flexibility index (Phi) is 4.76. The van der Waals surface area contributed by atoms with Crippen LogP contribution in [0.5, 0.6) is 11.5 Å². The van der Waals surface area contributed by atoms with Gasteiger partial charge < -0.3 is 20.1 Å². The first kappa shape index (κ1) is 17.0. The normalized spacial score (nSPS) is 15.6. The van der Waals surface area contributed by atoms with Crippen LogP contribution in [0.15, 0.2) is 36.4 Å². The zero-order valence-electron chi connectivity index (χ0n) is 13.1. The monoisotopic (exact) mass is 364 g/mol. The molecule has 1 aliphatic rings. The third-order valence-electron chi connectivity index (χ3n) is 3.45. The van der Waals surface area contributed by atoms with Crippen LogP contribution in [0.4, 0.5) is 15.8 Å². The average Bonchev–Trinajstić information content (AvgIpc) is 2.55. The van der Waals surface area contributed by atoms with Gasteiger partial charge in [0.2, 0.25) is 0 Å². The molecule has 8 heteroatoms. The highest BCUT2D eigenvalue weighted by molar-refractivity contribution is 6.32. The Hall–Kier alpha value is -2.80. The summed E-state index contributed by atoms with van der Waals surface area (Å²) >= 11 is 5.83. The lowest BCUT2D eigenvalue weighted by molar-refractivity contribution is -0.122. The van der Waals surface area contributed by atoms with Gasteiger partial charge in [-0.05, 0) is 43.3 Å². The molecular formula is C17H14ClFN2O4. The van der Waals surface area contributed by atoms with E-state index in [0.717, 1.165) is 6.07 Å². The summed E-state index contributed by atoms with van der Waals surface area (Å²) < 4.78 is 23.7. The van der Waals surface area contributed by atoms with Crippen molar-refractivity contribution in [2.24, 2.45) is 0 Å². The van der Waals surface area contributed by atoms with E-state index in [2.05, 4.69) is 10.6 Å². The molecule has 0 radical (unpaired) electrons. The van der Waals surface area contributed by atoms with Gasteiger partial charge in [0.15, 0.2) is 12.7 Å². The Bertz CT molecular complexity index is 843. The predicted octanol–water partition coefficient (Wildman–Crippen LogP) is 3.22. The Morgan fingerprint density at radius 3 is 2.92 bits per heavy atom. The summed E-state index contributed by atoms with van der Waals surface area (Å²) in [6, 6.07) is 8.51. The average molecular weight is 365 g/mol. The number of amides is 2. The van der Waals surface area contributed by atoms with Gasteiger partial charge in [-0.2, -0.15) is 0 Å². The lowest BCUT2D eigenvalue weighted by Gasteiger charge is -2.23. The minimum atomic E-state index is -0.568. The Balaban J connectivity index is 1.61. The van der Waals surface area contributed by atoms with E-state index >= 15 is 0 Å². The maximum absolute atomic E-state index is 13.0. The molecule has 0 unspecified atom stereocenters. The number of hydrogen-bond donors (Lipinski definition) is 2. The smallest absolute Gasteiger partial charge is 0.265 e. The molecular weight excluding hydrogens is 351 g/mol. The molecule has 1 heterocycles. The van der Waals surface area contributed by atoms with Gasteiger partial charge >= 0.3 is 0 Å². The Morgan fingerprint density at radius 2 is 2.16 bits per heavy atom. The van der Waals surface area contributed by atoms with E-state index in [1.54, 1.807) is 25.1 Å². The SMILES string of the molecule is C[C@H]1Oc2ccc(NC(=O)COc3ccc(F)cc3Cl)cc2NC1=O. The van der Waals surface area contributed by atoms with Crippen LogP contribution in [0.2, 0.25) is 5.02 Å². The Labute approximate surface area is 147 Å². The predicted molar refractivity (Wildman–Crippen MR) is 90.7 cm³/mol. The Morgan fingerprint density at radius 1 is 1.36 bits per heavy atom. The van der Waals surface area contributed by atoms with Gasteiger partial charge in [-0.3, -0.25) is 9.59 Å². The molecule has 2 amide bonds. The number of halogens is 2. The van der Waals surface area contributed by atoms with Gasteiger partial charge in [-0.1, -0.05) is 11.6 Å². The second-order valence-corrected chi connectivity index (χ2v) is 5.78. The molecule has 130 valence electrons. The highest BCUT2D eigenvalue weighted by Gasteiger charge is 2.23. The lowest BCUT2D eigenvalue weighted by atomic mass is 10.2. The standard InChI is InChI=1S/C17H14ClFN2O4/c1-9-17(23)21-13-7-11(3-5-15(13)25-9)20-16(22)8-24-14-4-2-10(19)6-12(14)18/h2-7,9H,8H2,1H3,(H,20,22)(H,21,23)/t9-/m1/s1. The highest BCUT2D eigenvalue weighted by atomic mass is 35.5. The molecule has 1 aliphatic heterocycles. The molecule has 0 saturated heterocycles. The van der Waals surface area contributed by atoms with Gasteiger partial charge in [0.05, 0.1) is 10.7 Å². The number of carbonyl (C=O) groups is 2. The number of fused-ring (bicyclic) bond motifs is 1. The zero-order chi connectivity index (χ0) is 18.0. The van der Waals surface area contributed by atoms with Crippen molar-refractivity contribution < 1.29 is 23.5 Å². The summed E-state index contributed by atoms with van der Waals surface area (Å²) in [4.78, 5) is 23.6. The van der Waals surface area contributed by atoms with Crippen molar-refractivity contribution in [3.05, 3.63) is 47.2 Å². The van der Waals surface area contributed by atoms with E-state index in [-0.39, 0.29) is 23.3 Å². The number of anilines is 2. The summed E-state index contributed by atoms with van der Waals surface area (Å²) in [6.45, 7) is 1.34. The van der Waals surface area contributed by atoms with Gasteiger partial charge in [0, 0.05) is 5.69 Å². The molecule has 0 fully saturated rings. The highest BCUT2D eigenvalue weighted by Crippen LogP contribution is 2.32. The molecule has 0 spiro atoms. The third kappa shape index (κ3) is 4.00. The molecule has 0 aromatic heterocycles. The van der Waals surface area contributed by atoms with E-state index in [9.17, 15) is 14.0 Å². The summed E-state index contributed by atoms with van der Waals surface area (Å²) in [5.41, 5.74) is 0.944. The fourth-order valence-electron chi connectivity index (χ4n) is 2.22. The summed E-state index contributed by atoms with van der Waals surface area (Å²) in [6.07, 6.45) is -0.568.